The first kappa shape index (κ1) is 14.3. The Morgan fingerprint density at radius 3 is 1.44 bits per heavy atom. The van der Waals surface area contributed by atoms with Crippen molar-refractivity contribution in [3.05, 3.63) is 0 Å². The average molecular weight is 253 g/mol. The molecule has 0 unspecified atom stereocenters. The Kier molecular flexibility index (Phi) is 6.50. The van der Waals surface area contributed by atoms with Gasteiger partial charge < -0.3 is 5.21 Å². The molecule has 0 spiro atoms. The molecule has 0 bridgehead atoms. The molecule has 0 amide bonds. The summed E-state index contributed by atoms with van der Waals surface area (Å²) in [5.74, 6) is 1.78. The third-order valence-electron chi connectivity index (χ3n) is 5.04. The Hall–Kier alpha value is -0.0800. The lowest BCUT2D eigenvalue weighted by molar-refractivity contribution is -0.0981. The highest BCUT2D eigenvalue weighted by atomic mass is 16.5. The first-order valence-electron chi connectivity index (χ1n) is 8.28. The van der Waals surface area contributed by atoms with Crippen LogP contribution in [-0.2, 0) is 0 Å². The zero-order chi connectivity index (χ0) is 12.6. The molecule has 0 aliphatic heterocycles. The van der Waals surface area contributed by atoms with Gasteiger partial charge in [-0.2, -0.15) is 5.06 Å². The van der Waals surface area contributed by atoms with Crippen molar-refractivity contribution in [3.8, 4) is 0 Å². The first-order valence-corrected chi connectivity index (χ1v) is 8.28. The van der Waals surface area contributed by atoms with E-state index in [1.54, 1.807) is 5.06 Å². The fourth-order valence-corrected chi connectivity index (χ4v) is 3.73. The van der Waals surface area contributed by atoms with E-state index in [4.69, 9.17) is 0 Å². The lowest BCUT2D eigenvalue weighted by Gasteiger charge is -2.26. The number of hydrogen-bond acceptors (Lipinski definition) is 2. The zero-order valence-electron chi connectivity index (χ0n) is 11.9. The van der Waals surface area contributed by atoms with Gasteiger partial charge in [-0.15, -0.1) is 0 Å². The minimum atomic E-state index is 0.892. The van der Waals surface area contributed by atoms with Crippen LogP contribution in [-0.4, -0.2) is 23.4 Å². The van der Waals surface area contributed by atoms with Gasteiger partial charge in [-0.05, 0) is 24.7 Å². The van der Waals surface area contributed by atoms with Gasteiger partial charge in [-0.1, -0.05) is 64.2 Å². The molecule has 1 N–H and O–H groups in total. The van der Waals surface area contributed by atoms with Crippen molar-refractivity contribution < 1.29 is 5.21 Å². The third-order valence-corrected chi connectivity index (χ3v) is 5.04. The molecule has 0 heterocycles. The highest BCUT2D eigenvalue weighted by molar-refractivity contribution is 4.68. The van der Waals surface area contributed by atoms with E-state index in [0.29, 0.717) is 0 Å². The largest absolute Gasteiger partial charge is 0.314 e. The summed E-state index contributed by atoms with van der Waals surface area (Å²) >= 11 is 0. The number of hydrogen-bond donors (Lipinski definition) is 1. The molecule has 0 aromatic carbocycles. The minimum Gasteiger partial charge on any atom is -0.314 e. The zero-order valence-corrected chi connectivity index (χ0v) is 11.9. The van der Waals surface area contributed by atoms with Crippen LogP contribution in [0.2, 0.25) is 0 Å². The highest BCUT2D eigenvalue weighted by Gasteiger charge is 2.16. The Morgan fingerprint density at radius 2 is 1.06 bits per heavy atom. The van der Waals surface area contributed by atoms with Gasteiger partial charge in [-0.3, -0.25) is 0 Å². The molecular formula is C16H31NO. The summed E-state index contributed by atoms with van der Waals surface area (Å²) in [5, 5.41) is 11.5. The molecule has 2 rings (SSSR count). The summed E-state index contributed by atoms with van der Waals surface area (Å²) in [6, 6.07) is 0. The molecule has 2 fully saturated rings. The molecule has 2 aliphatic rings. The van der Waals surface area contributed by atoms with E-state index in [9.17, 15) is 5.21 Å². The Labute approximate surface area is 113 Å². The maximum absolute atomic E-state index is 9.94. The Morgan fingerprint density at radius 1 is 0.667 bits per heavy atom. The average Bonchev–Trinajstić information content (AvgIpc) is 2.45. The molecule has 0 saturated heterocycles. The molecule has 2 aliphatic carbocycles. The monoisotopic (exact) mass is 253 g/mol. The number of nitrogens with zero attached hydrogens (tertiary/aromatic N) is 1. The van der Waals surface area contributed by atoms with Crippen LogP contribution in [0, 0.1) is 11.8 Å². The van der Waals surface area contributed by atoms with E-state index < -0.39 is 0 Å². The van der Waals surface area contributed by atoms with Crippen LogP contribution < -0.4 is 0 Å². The molecule has 2 heteroatoms. The van der Waals surface area contributed by atoms with Crippen molar-refractivity contribution in [2.45, 2.75) is 77.0 Å². The molecule has 0 atom stereocenters. The van der Waals surface area contributed by atoms with E-state index in [2.05, 4.69) is 0 Å². The van der Waals surface area contributed by atoms with Crippen LogP contribution >= 0.6 is 0 Å². The number of rotatable bonds is 6. The Balaban J connectivity index is 1.52. The summed E-state index contributed by atoms with van der Waals surface area (Å²) in [7, 11) is 0. The first-order chi connectivity index (χ1) is 8.84. The quantitative estimate of drug-likeness (QED) is 0.698. The fraction of sp³-hybridized carbons (Fsp3) is 1.00. The fourth-order valence-electron chi connectivity index (χ4n) is 3.73. The molecule has 0 aromatic rings. The molecule has 2 nitrogen and oxygen atoms in total. The van der Waals surface area contributed by atoms with Gasteiger partial charge in [0.1, 0.15) is 0 Å². The van der Waals surface area contributed by atoms with E-state index in [-0.39, 0.29) is 0 Å². The molecule has 106 valence electrons. The second-order valence-electron chi connectivity index (χ2n) is 6.54. The minimum absolute atomic E-state index is 0.892. The van der Waals surface area contributed by atoms with Crippen LogP contribution in [0.1, 0.15) is 77.0 Å². The lowest BCUT2D eigenvalue weighted by atomic mass is 9.86. The van der Waals surface area contributed by atoms with E-state index in [1.807, 2.05) is 0 Å². The Bertz CT molecular complexity index is 185. The van der Waals surface area contributed by atoms with Crippen LogP contribution in [0.5, 0.6) is 0 Å². The van der Waals surface area contributed by atoms with Gasteiger partial charge in [0.05, 0.1) is 0 Å². The maximum Gasteiger partial charge on any atom is 0.0240 e. The van der Waals surface area contributed by atoms with Crippen molar-refractivity contribution in [1.82, 2.24) is 5.06 Å². The number of hydroxylamine groups is 2. The van der Waals surface area contributed by atoms with Gasteiger partial charge in [-0.25, -0.2) is 0 Å². The van der Waals surface area contributed by atoms with Gasteiger partial charge >= 0.3 is 0 Å². The standard InChI is InChI=1S/C16H31NO/c18-17(13-11-15-7-3-1-4-8-15)14-12-16-9-5-2-6-10-16/h15-16,18H,1-14H2. The van der Waals surface area contributed by atoms with Gasteiger partial charge in [0.2, 0.25) is 0 Å². The highest BCUT2D eigenvalue weighted by Crippen LogP contribution is 2.27. The topological polar surface area (TPSA) is 23.5 Å². The second-order valence-corrected chi connectivity index (χ2v) is 6.54. The van der Waals surface area contributed by atoms with E-state index in [1.165, 1.54) is 77.0 Å². The van der Waals surface area contributed by atoms with Crippen molar-refractivity contribution in [2.75, 3.05) is 13.1 Å². The van der Waals surface area contributed by atoms with Crippen molar-refractivity contribution in [2.24, 2.45) is 11.8 Å². The smallest absolute Gasteiger partial charge is 0.0240 e. The van der Waals surface area contributed by atoms with Gasteiger partial charge in [0.15, 0.2) is 0 Å². The van der Waals surface area contributed by atoms with Crippen LogP contribution in [0.3, 0.4) is 0 Å². The summed E-state index contributed by atoms with van der Waals surface area (Å²) in [4.78, 5) is 0. The molecule has 18 heavy (non-hydrogen) atoms. The normalized spacial score (nSPS) is 23.7. The summed E-state index contributed by atoms with van der Waals surface area (Å²) in [5.41, 5.74) is 0. The SMILES string of the molecule is ON(CCC1CCCCC1)CCC1CCCCC1. The van der Waals surface area contributed by atoms with Crippen LogP contribution in [0.15, 0.2) is 0 Å². The molecule has 0 aromatic heterocycles. The van der Waals surface area contributed by atoms with Crippen LogP contribution in [0.4, 0.5) is 0 Å². The summed E-state index contributed by atoms with van der Waals surface area (Å²) in [6.45, 7) is 1.80. The van der Waals surface area contributed by atoms with E-state index in [0.717, 1.165) is 24.9 Å². The summed E-state index contributed by atoms with van der Waals surface area (Å²) in [6.07, 6.45) is 16.5. The van der Waals surface area contributed by atoms with Gasteiger partial charge in [0.25, 0.3) is 0 Å². The predicted molar refractivity (Wildman–Crippen MR) is 75.7 cm³/mol. The van der Waals surface area contributed by atoms with Crippen LogP contribution in [0.25, 0.3) is 0 Å². The second kappa shape index (κ2) is 8.16. The van der Waals surface area contributed by atoms with Crippen molar-refractivity contribution in [3.63, 3.8) is 0 Å². The maximum atomic E-state index is 9.94. The molecule has 2 saturated carbocycles. The van der Waals surface area contributed by atoms with Crippen molar-refractivity contribution >= 4 is 0 Å². The van der Waals surface area contributed by atoms with Crippen molar-refractivity contribution in [1.29, 1.82) is 0 Å². The molecule has 0 radical (unpaired) electrons. The molecular weight excluding hydrogens is 222 g/mol. The predicted octanol–water partition coefficient (Wildman–Crippen LogP) is 4.62. The van der Waals surface area contributed by atoms with E-state index >= 15 is 0 Å². The van der Waals surface area contributed by atoms with Gasteiger partial charge in [0, 0.05) is 13.1 Å². The third kappa shape index (κ3) is 5.27. The summed E-state index contributed by atoms with van der Waals surface area (Å²) < 4.78 is 0. The lowest BCUT2D eigenvalue weighted by Crippen LogP contribution is -2.26.